The van der Waals surface area contributed by atoms with Gasteiger partial charge in [0.2, 0.25) is 0 Å². The maximum absolute atomic E-state index is 9.73. The van der Waals surface area contributed by atoms with Crippen LogP contribution in [0.15, 0.2) is 48.5 Å². The average molecular weight is 397 g/mol. The Morgan fingerprint density at radius 1 is 1.19 bits per heavy atom. The highest BCUT2D eigenvalue weighted by atomic mass is 32.2. The van der Waals surface area contributed by atoms with E-state index >= 15 is 0 Å². The van der Waals surface area contributed by atoms with Crippen molar-refractivity contribution in [3.05, 3.63) is 65.2 Å². The standard InChI is InChI=1S/C22H24N2OS2/c1-16-4-10-19(11-5-16)23-21(26)24-14-15-27-20(24)18-8-6-17(7-9-18)12-13-22(2,3)25/h4-11,20,25H,14-15H2,1-3H3,(H,23,26)/t20-/m0/s1. The zero-order valence-corrected chi connectivity index (χ0v) is 17.5. The molecule has 27 heavy (non-hydrogen) atoms. The third-order valence-electron chi connectivity index (χ3n) is 4.16. The Hall–Kier alpha value is -2.00. The highest BCUT2D eigenvalue weighted by molar-refractivity contribution is 7.99. The Morgan fingerprint density at radius 3 is 2.48 bits per heavy atom. The molecule has 0 unspecified atom stereocenters. The van der Waals surface area contributed by atoms with E-state index in [1.165, 1.54) is 11.1 Å². The molecule has 0 saturated carbocycles. The number of hydrogen-bond acceptors (Lipinski definition) is 3. The summed E-state index contributed by atoms with van der Waals surface area (Å²) < 4.78 is 0. The minimum atomic E-state index is -0.982. The molecule has 2 aromatic rings. The topological polar surface area (TPSA) is 35.5 Å². The number of nitrogens with zero attached hydrogens (tertiary/aromatic N) is 1. The molecule has 1 heterocycles. The molecule has 5 heteroatoms. The van der Waals surface area contributed by atoms with Crippen molar-refractivity contribution in [2.75, 3.05) is 17.6 Å². The van der Waals surface area contributed by atoms with Gasteiger partial charge in [-0.1, -0.05) is 41.7 Å². The van der Waals surface area contributed by atoms with E-state index in [9.17, 15) is 5.11 Å². The van der Waals surface area contributed by atoms with Gasteiger partial charge in [-0.15, -0.1) is 11.8 Å². The lowest BCUT2D eigenvalue weighted by Crippen LogP contribution is -2.34. The molecule has 0 amide bonds. The van der Waals surface area contributed by atoms with Crippen LogP contribution in [0.3, 0.4) is 0 Å². The van der Waals surface area contributed by atoms with Gasteiger partial charge in [-0.2, -0.15) is 0 Å². The molecule has 0 aliphatic carbocycles. The molecule has 1 aliphatic heterocycles. The Balaban J connectivity index is 1.70. The number of aryl methyl sites for hydroxylation is 1. The second-order valence-corrected chi connectivity index (χ2v) is 8.72. The van der Waals surface area contributed by atoms with E-state index in [2.05, 4.69) is 65.4 Å². The quantitative estimate of drug-likeness (QED) is 0.575. The minimum Gasteiger partial charge on any atom is -0.378 e. The predicted octanol–water partition coefficient (Wildman–Crippen LogP) is 4.56. The number of thiocarbonyl (C=S) groups is 1. The van der Waals surface area contributed by atoms with Crippen LogP contribution in [0.4, 0.5) is 5.69 Å². The molecule has 2 N–H and O–H groups in total. The molecule has 0 radical (unpaired) electrons. The smallest absolute Gasteiger partial charge is 0.174 e. The van der Waals surface area contributed by atoms with Crippen LogP contribution in [0.2, 0.25) is 0 Å². The molecule has 1 atom stereocenters. The largest absolute Gasteiger partial charge is 0.378 e. The van der Waals surface area contributed by atoms with Gasteiger partial charge >= 0.3 is 0 Å². The van der Waals surface area contributed by atoms with Crippen LogP contribution >= 0.6 is 24.0 Å². The van der Waals surface area contributed by atoms with Crippen molar-refractivity contribution in [1.82, 2.24) is 4.90 Å². The SMILES string of the molecule is Cc1ccc(NC(=S)N2CCS[C@H]2c2ccc(C#CC(C)(C)O)cc2)cc1. The highest BCUT2D eigenvalue weighted by Crippen LogP contribution is 2.38. The summed E-state index contributed by atoms with van der Waals surface area (Å²) in [7, 11) is 0. The van der Waals surface area contributed by atoms with Gasteiger partial charge in [0.1, 0.15) is 11.0 Å². The molecule has 3 nitrogen and oxygen atoms in total. The zero-order chi connectivity index (χ0) is 19.4. The third kappa shape index (κ3) is 5.49. The van der Waals surface area contributed by atoms with Crippen molar-refractivity contribution in [3.8, 4) is 11.8 Å². The van der Waals surface area contributed by atoms with E-state index in [4.69, 9.17) is 12.2 Å². The van der Waals surface area contributed by atoms with Crippen molar-refractivity contribution in [1.29, 1.82) is 0 Å². The number of thioether (sulfide) groups is 1. The predicted molar refractivity (Wildman–Crippen MR) is 119 cm³/mol. The number of nitrogens with one attached hydrogen (secondary N) is 1. The van der Waals surface area contributed by atoms with E-state index < -0.39 is 5.60 Å². The summed E-state index contributed by atoms with van der Waals surface area (Å²) >= 11 is 7.56. The molecule has 1 saturated heterocycles. The fourth-order valence-electron chi connectivity index (χ4n) is 2.74. The monoisotopic (exact) mass is 396 g/mol. The average Bonchev–Trinajstić information content (AvgIpc) is 3.12. The Kier molecular flexibility index (Phi) is 6.11. The van der Waals surface area contributed by atoms with E-state index in [0.29, 0.717) is 0 Å². The molecule has 1 fully saturated rings. The van der Waals surface area contributed by atoms with Crippen LogP contribution in [-0.2, 0) is 0 Å². The number of benzene rings is 2. The first-order valence-electron chi connectivity index (χ1n) is 8.93. The molecular formula is C22H24N2OS2. The fraction of sp³-hybridized carbons (Fsp3) is 0.318. The van der Waals surface area contributed by atoms with Crippen molar-refractivity contribution in [2.24, 2.45) is 0 Å². The lowest BCUT2D eigenvalue weighted by Gasteiger charge is -2.27. The fourth-order valence-corrected chi connectivity index (χ4v) is 4.39. The second-order valence-electron chi connectivity index (χ2n) is 7.14. The first kappa shape index (κ1) is 19.8. The van der Waals surface area contributed by atoms with Gasteiger partial charge in [0.05, 0.1) is 0 Å². The summed E-state index contributed by atoms with van der Waals surface area (Å²) in [5.41, 5.74) is 3.37. The third-order valence-corrected chi connectivity index (χ3v) is 5.76. The summed E-state index contributed by atoms with van der Waals surface area (Å²) in [4.78, 5) is 2.23. The molecule has 2 aromatic carbocycles. The van der Waals surface area contributed by atoms with Gasteiger partial charge in [0, 0.05) is 23.5 Å². The van der Waals surface area contributed by atoms with E-state index in [1.54, 1.807) is 13.8 Å². The molecule has 140 valence electrons. The van der Waals surface area contributed by atoms with Crippen molar-refractivity contribution < 1.29 is 5.11 Å². The molecule has 0 bridgehead atoms. The zero-order valence-electron chi connectivity index (χ0n) is 15.8. The van der Waals surface area contributed by atoms with Crippen LogP contribution in [0.1, 0.15) is 35.9 Å². The summed E-state index contributed by atoms with van der Waals surface area (Å²) in [6, 6.07) is 16.5. The van der Waals surface area contributed by atoms with Gasteiger partial charge < -0.3 is 15.3 Å². The normalized spacial score (nSPS) is 16.6. The van der Waals surface area contributed by atoms with Gasteiger partial charge in [-0.3, -0.25) is 0 Å². The van der Waals surface area contributed by atoms with E-state index in [-0.39, 0.29) is 5.37 Å². The van der Waals surface area contributed by atoms with Crippen LogP contribution in [0.5, 0.6) is 0 Å². The molecule has 3 rings (SSSR count). The van der Waals surface area contributed by atoms with Gasteiger partial charge in [0.25, 0.3) is 0 Å². The van der Waals surface area contributed by atoms with Gasteiger partial charge in [-0.25, -0.2) is 0 Å². The van der Waals surface area contributed by atoms with Gasteiger partial charge in [0.15, 0.2) is 5.11 Å². The van der Waals surface area contributed by atoms with Crippen molar-refractivity contribution in [2.45, 2.75) is 31.7 Å². The number of rotatable bonds is 2. The Labute approximate surface area is 171 Å². The van der Waals surface area contributed by atoms with Crippen LogP contribution < -0.4 is 5.32 Å². The van der Waals surface area contributed by atoms with Gasteiger partial charge in [-0.05, 0) is 62.8 Å². The summed E-state index contributed by atoms with van der Waals surface area (Å²) in [6.07, 6.45) is 0. The molecule has 1 aliphatic rings. The Bertz CT molecular complexity index is 858. The number of hydrogen-bond donors (Lipinski definition) is 2. The summed E-state index contributed by atoms with van der Waals surface area (Å²) in [5.74, 6) is 6.90. The van der Waals surface area contributed by atoms with E-state index in [0.717, 1.165) is 28.7 Å². The lowest BCUT2D eigenvalue weighted by atomic mass is 10.1. The van der Waals surface area contributed by atoms with Crippen LogP contribution in [-0.4, -0.2) is 33.0 Å². The maximum atomic E-state index is 9.73. The second kappa shape index (κ2) is 8.35. The van der Waals surface area contributed by atoms with E-state index in [1.807, 2.05) is 23.9 Å². The van der Waals surface area contributed by atoms with Crippen molar-refractivity contribution >= 4 is 34.8 Å². The number of aliphatic hydroxyl groups is 1. The van der Waals surface area contributed by atoms with Crippen LogP contribution in [0, 0.1) is 18.8 Å². The van der Waals surface area contributed by atoms with Crippen LogP contribution in [0.25, 0.3) is 0 Å². The molecule has 0 spiro atoms. The first-order chi connectivity index (χ1) is 12.8. The highest BCUT2D eigenvalue weighted by Gasteiger charge is 2.28. The lowest BCUT2D eigenvalue weighted by molar-refractivity contribution is 0.143. The number of anilines is 1. The molecular weight excluding hydrogens is 372 g/mol. The first-order valence-corrected chi connectivity index (χ1v) is 10.4. The van der Waals surface area contributed by atoms with Crippen molar-refractivity contribution in [3.63, 3.8) is 0 Å². The Morgan fingerprint density at radius 2 is 1.85 bits per heavy atom. The summed E-state index contributed by atoms with van der Waals surface area (Å²) in [6.45, 7) is 6.37. The summed E-state index contributed by atoms with van der Waals surface area (Å²) in [5, 5.41) is 14.0. The minimum absolute atomic E-state index is 0.201. The molecule has 0 aromatic heterocycles. The maximum Gasteiger partial charge on any atom is 0.174 e.